The number of carbonyl (C=O) groups excluding carboxylic acids is 1. The molecule has 6 heteroatoms. The van der Waals surface area contributed by atoms with E-state index in [1.807, 2.05) is 54.4 Å². The molecule has 0 fully saturated rings. The second kappa shape index (κ2) is 6.68. The number of carbonyl (C=O) groups is 1. The number of nitrogens with zero attached hydrogens (tertiary/aromatic N) is 3. The van der Waals surface area contributed by atoms with Crippen LogP contribution in [-0.4, -0.2) is 22.8 Å². The third kappa shape index (κ3) is 3.07. The van der Waals surface area contributed by atoms with Crippen LogP contribution >= 0.6 is 11.6 Å². The van der Waals surface area contributed by atoms with Gasteiger partial charge in [-0.05, 0) is 36.4 Å². The molecule has 0 saturated heterocycles. The Labute approximate surface area is 144 Å². The summed E-state index contributed by atoms with van der Waals surface area (Å²) in [5, 5.41) is 0.0537. The van der Waals surface area contributed by atoms with Gasteiger partial charge in [-0.2, -0.15) is 0 Å². The van der Waals surface area contributed by atoms with Gasteiger partial charge in [-0.15, -0.1) is 0 Å². The molecule has 0 atom stereocenters. The van der Waals surface area contributed by atoms with Crippen LogP contribution in [0.5, 0.6) is 0 Å². The molecule has 1 aromatic heterocycles. The third-order valence-electron chi connectivity index (χ3n) is 3.72. The van der Waals surface area contributed by atoms with E-state index >= 15 is 0 Å². The molecule has 3 rings (SSSR count). The Bertz CT molecular complexity index is 846. The smallest absolute Gasteiger partial charge is 0.199 e. The van der Waals surface area contributed by atoms with Crippen molar-refractivity contribution in [2.45, 2.75) is 0 Å². The number of para-hydroxylation sites is 1. The van der Waals surface area contributed by atoms with E-state index in [2.05, 4.69) is 9.97 Å². The van der Waals surface area contributed by atoms with Crippen LogP contribution < -0.4 is 10.6 Å². The summed E-state index contributed by atoms with van der Waals surface area (Å²) in [4.78, 5) is 22.3. The number of ketones is 1. The molecule has 0 radical (unpaired) electrons. The van der Waals surface area contributed by atoms with E-state index in [1.165, 1.54) is 6.33 Å². The third-order valence-corrected chi connectivity index (χ3v) is 4.00. The topological polar surface area (TPSA) is 72.1 Å². The predicted molar refractivity (Wildman–Crippen MR) is 95.8 cm³/mol. The maximum Gasteiger partial charge on any atom is 0.199 e. The van der Waals surface area contributed by atoms with Gasteiger partial charge >= 0.3 is 0 Å². The number of hydrogen-bond acceptors (Lipinski definition) is 5. The number of rotatable bonds is 4. The van der Waals surface area contributed by atoms with Gasteiger partial charge < -0.3 is 10.6 Å². The number of nitrogens with two attached hydrogens (primary N) is 1. The van der Waals surface area contributed by atoms with E-state index in [9.17, 15) is 4.79 Å². The maximum atomic E-state index is 12.6. The fourth-order valence-electron chi connectivity index (χ4n) is 2.37. The predicted octanol–water partition coefficient (Wildman–Crippen LogP) is 3.71. The second-order valence-electron chi connectivity index (χ2n) is 5.20. The number of halogens is 1. The highest BCUT2D eigenvalue weighted by atomic mass is 35.5. The lowest BCUT2D eigenvalue weighted by molar-refractivity contribution is 0.103. The van der Waals surface area contributed by atoms with Gasteiger partial charge in [0.05, 0.1) is 0 Å². The molecule has 0 bridgehead atoms. The van der Waals surface area contributed by atoms with E-state index in [1.54, 1.807) is 12.1 Å². The zero-order chi connectivity index (χ0) is 17.1. The first-order chi connectivity index (χ1) is 11.6. The van der Waals surface area contributed by atoms with Crippen molar-refractivity contribution in [1.82, 2.24) is 9.97 Å². The summed E-state index contributed by atoms with van der Waals surface area (Å²) >= 11 is 5.98. The van der Waals surface area contributed by atoms with Crippen molar-refractivity contribution in [1.29, 1.82) is 0 Å². The molecular formula is C18H15ClN4O. The van der Waals surface area contributed by atoms with Crippen molar-refractivity contribution in [3.05, 3.63) is 77.2 Å². The summed E-state index contributed by atoms with van der Waals surface area (Å²) in [7, 11) is 1.96. The largest absolute Gasteiger partial charge is 0.383 e. The van der Waals surface area contributed by atoms with E-state index in [4.69, 9.17) is 17.3 Å². The number of nitrogen functional groups attached to an aromatic ring is 1. The average Bonchev–Trinajstić information content (AvgIpc) is 2.62. The normalized spacial score (nSPS) is 10.4. The Balaban J connectivity index is 1.88. The molecule has 2 aromatic carbocycles. The molecular weight excluding hydrogens is 324 g/mol. The van der Waals surface area contributed by atoms with Crippen LogP contribution in [-0.2, 0) is 0 Å². The summed E-state index contributed by atoms with van der Waals surface area (Å²) in [5.74, 6) is -0.225. The van der Waals surface area contributed by atoms with Gasteiger partial charge in [-0.25, -0.2) is 9.97 Å². The Hall–Kier alpha value is -2.92. The van der Waals surface area contributed by atoms with E-state index in [0.29, 0.717) is 5.56 Å². The first-order valence-corrected chi connectivity index (χ1v) is 7.65. The molecule has 0 aliphatic rings. The Kier molecular flexibility index (Phi) is 4.44. The van der Waals surface area contributed by atoms with Crippen LogP contribution in [0.2, 0.25) is 5.15 Å². The van der Waals surface area contributed by atoms with Gasteiger partial charge in [0, 0.05) is 24.0 Å². The lowest BCUT2D eigenvalue weighted by atomic mass is 10.0. The minimum atomic E-state index is -0.299. The van der Waals surface area contributed by atoms with Gasteiger partial charge in [0.25, 0.3) is 0 Å². The van der Waals surface area contributed by atoms with Crippen LogP contribution in [0, 0.1) is 0 Å². The van der Waals surface area contributed by atoms with Crippen molar-refractivity contribution in [2.75, 3.05) is 17.7 Å². The Morgan fingerprint density at radius 1 is 1.00 bits per heavy atom. The lowest BCUT2D eigenvalue weighted by Crippen LogP contribution is -2.11. The van der Waals surface area contributed by atoms with Crippen molar-refractivity contribution < 1.29 is 4.79 Å². The molecule has 1 heterocycles. The van der Waals surface area contributed by atoms with Gasteiger partial charge in [0.2, 0.25) is 0 Å². The van der Waals surface area contributed by atoms with Crippen LogP contribution in [0.25, 0.3) is 0 Å². The minimum absolute atomic E-state index is 0.0537. The van der Waals surface area contributed by atoms with E-state index in [0.717, 1.165) is 11.4 Å². The second-order valence-corrected chi connectivity index (χ2v) is 5.55. The minimum Gasteiger partial charge on any atom is -0.383 e. The summed E-state index contributed by atoms with van der Waals surface area (Å²) in [6.45, 7) is 0. The summed E-state index contributed by atoms with van der Waals surface area (Å²) in [5.41, 5.74) is 8.37. The summed E-state index contributed by atoms with van der Waals surface area (Å²) in [6.07, 6.45) is 1.23. The van der Waals surface area contributed by atoms with E-state index < -0.39 is 0 Å². The average molecular weight is 339 g/mol. The number of benzene rings is 2. The first-order valence-electron chi connectivity index (χ1n) is 7.27. The van der Waals surface area contributed by atoms with Crippen LogP contribution in [0.1, 0.15) is 15.9 Å². The van der Waals surface area contributed by atoms with Gasteiger partial charge in [0.15, 0.2) is 5.78 Å². The van der Waals surface area contributed by atoms with Crippen molar-refractivity contribution in [3.63, 3.8) is 0 Å². The van der Waals surface area contributed by atoms with Crippen molar-refractivity contribution in [2.24, 2.45) is 0 Å². The van der Waals surface area contributed by atoms with Crippen LogP contribution in [0.4, 0.5) is 17.2 Å². The lowest BCUT2D eigenvalue weighted by Gasteiger charge is -2.19. The quantitative estimate of drug-likeness (QED) is 0.580. The number of hydrogen-bond donors (Lipinski definition) is 1. The van der Waals surface area contributed by atoms with Gasteiger partial charge in [-0.1, -0.05) is 29.8 Å². The molecule has 3 aromatic rings. The molecule has 2 N–H and O–H groups in total. The first kappa shape index (κ1) is 16.0. The van der Waals surface area contributed by atoms with Gasteiger partial charge in [0.1, 0.15) is 22.9 Å². The Morgan fingerprint density at radius 3 is 2.25 bits per heavy atom. The van der Waals surface area contributed by atoms with Crippen molar-refractivity contribution in [3.8, 4) is 0 Å². The van der Waals surface area contributed by atoms with E-state index in [-0.39, 0.29) is 22.3 Å². The maximum absolute atomic E-state index is 12.6. The fourth-order valence-corrected chi connectivity index (χ4v) is 2.59. The Morgan fingerprint density at radius 2 is 1.62 bits per heavy atom. The highest BCUT2D eigenvalue weighted by Crippen LogP contribution is 2.25. The molecule has 0 aliphatic heterocycles. The fraction of sp³-hybridized carbons (Fsp3) is 0.0556. The molecule has 0 aliphatic carbocycles. The SMILES string of the molecule is CN(c1ccccc1)c1ccc(C(=O)c2c(N)ncnc2Cl)cc1. The monoisotopic (exact) mass is 338 g/mol. The highest BCUT2D eigenvalue weighted by molar-refractivity contribution is 6.34. The van der Waals surface area contributed by atoms with Crippen LogP contribution in [0.3, 0.4) is 0 Å². The van der Waals surface area contributed by atoms with Crippen molar-refractivity contribution >= 4 is 34.6 Å². The molecule has 0 unspecified atom stereocenters. The summed E-state index contributed by atoms with van der Waals surface area (Å²) < 4.78 is 0. The molecule has 24 heavy (non-hydrogen) atoms. The molecule has 0 amide bonds. The molecule has 0 saturated carbocycles. The standard InChI is InChI=1S/C18H15ClN4O/c1-23(13-5-3-2-4-6-13)14-9-7-12(8-10-14)16(24)15-17(19)21-11-22-18(15)20/h2-11H,1H3,(H2,20,21,22). The zero-order valence-electron chi connectivity index (χ0n) is 13.0. The highest BCUT2D eigenvalue weighted by Gasteiger charge is 2.18. The molecule has 0 spiro atoms. The summed E-state index contributed by atoms with van der Waals surface area (Å²) in [6, 6.07) is 17.2. The van der Waals surface area contributed by atoms with Gasteiger partial charge in [-0.3, -0.25) is 4.79 Å². The molecule has 5 nitrogen and oxygen atoms in total. The molecule has 120 valence electrons. The number of anilines is 3. The zero-order valence-corrected chi connectivity index (χ0v) is 13.7. The number of aromatic nitrogens is 2. The van der Waals surface area contributed by atoms with Crippen LogP contribution in [0.15, 0.2) is 60.9 Å².